The first-order chi connectivity index (χ1) is 13.1. The number of halogens is 2. The molecule has 0 unspecified atom stereocenters. The van der Waals surface area contributed by atoms with Gasteiger partial charge in [-0.25, -0.2) is 8.78 Å². The van der Waals surface area contributed by atoms with Crippen molar-refractivity contribution < 1.29 is 13.6 Å². The molecule has 0 bridgehead atoms. The maximum absolute atomic E-state index is 14.6. The molecule has 1 amide bonds. The smallest absolute Gasteiger partial charge is 0.241 e. The summed E-state index contributed by atoms with van der Waals surface area (Å²) in [7, 11) is 0. The zero-order valence-corrected chi connectivity index (χ0v) is 14.5. The average Bonchev–Trinajstić information content (AvgIpc) is 3.43. The molecule has 4 rings (SSSR count). The van der Waals surface area contributed by atoms with Crippen LogP contribution in [0.15, 0.2) is 36.4 Å². The van der Waals surface area contributed by atoms with Crippen molar-refractivity contribution in [3.8, 4) is 0 Å². The van der Waals surface area contributed by atoms with Crippen LogP contribution in [-0.4, -0.2) is 28.7 Å². The molecule has 0 atom stereocenters. The Morgan fingerprint density at radius 2 is 1.96 bits per heavy atom. The molecule has 1 aliphatic rings. The predicted octanol–water partition coefficient (Wildman–Crippen LogP) is 3.47. The van der Waals surface area contributed by atoms with Crippen LogP contribution in [0.2, 0.25) is 0 Å². The van der Waals surface area contributed by atoms with Gasteiger partial charge >= 0.3 is 0 Å². The molecule has 0 saturated heterocycles. The Bertz CT molecular complexity index is 1020. The Hall–Kier alpha value is -3.06. The fourth-order valence-corrected chi connectivity index (χ4v) is 3.07. The molecule has 0 aliphatic heterocycles. The topological polar surface area (TPSA) is 75.0 Å². The number of carbonyl (C=O) groups excluding carboxylic acids is 1. The van der Waals surface area contributed by atoms with Crippen LogP contribution in [0.3, 0.4) is 0 Å². The second-order valence-corrected chi connectivity index (χ2v) is 6.54. The monoisotopic (exact) mass is 368 g/mol. The summed E-state index contributed by atoms with van der Waals surface area (Å²) in [6, 6.07) is 9.03. The van der Waals surface area contributed by atoms with Gasteiger partial charge in [-0.2, -0.15) is 5.10 Å². The molecule has 5 nitrogen and oxygen atoms in total. The number of nitrogens with one attached hydrogen (secondary N) is 1. The third-order valence-corrected chi connectivity index (χ3v) is 4.58. The standard InChI is InChI=1S/C20H18F2N4O/c21-13-4-1-12(2-5-13)3-8-17-15-9-19(16(22)10-18(15)25-24-17)26(14-6-7-14)20(27)11-23/h1-5,8-10,14H,6-7,11,23H2,(H,24,25)/b8-3+. The quantitative estimate of drug-likeness (QED) is 0.724. The molecule has 0 spiro atoms. The largest absolute Gasteiger partial charge is 0.322 e. The van der Waals surface area contributed by atoms with E-state index in [0.29, 0.717) is 16.6 Å². The van der Waals surface area contributed by atoms with Crippen LogP contribution in [0, 0.1) is 11.6 Å². The van der Waals surface area contributed by atoms with Gasteiger partial charge < -0.3 is 10.6 Å². The van der Waals surface area contributed by atoms with Gasteiger partial charge in [0.2, 0.25) is 5.91 Å². The first-order valence-corrected chi connectivity index (χ1v) is 8.70. The third-order valence-electron chi connectivity index (χ3n) is 4.58. The van der Waals surface area contributed by atoms with Gasteiger partial charge in [-0.05, 0) is 42.7 Å². The van der Waals surface area contributed by atoms with Gasteiger partial charge in [0.15, 0.2) is 0 Å². The van der Waals surface area contributed by atoms with E-state index in [-0.39, 0.29) is 30.0 Å². The Labute approximate surface area is 154 Å². The highest BCUT2D eigenvalue weighted by atomic mass is 19.1. The van der Waals surface area contributed by atoms with E-state index < -0.39 is 5.82 Å². The maximum atomic E-state index is 14.6. The van der Waals surface area contributed by atoms with Gasteiger partial charge in [0.25, 0.3) is 0 Å². The highest BCUT2D eigenvalue weighted by Crippen LogP contribution is 2.35. The lowest BCUT2D eigenvalue weighted by atomic mass is 10.1. The van der Waals surface area contributed by atoms with Crippen molar-refractivity contribution in [1.29, 1.82) is 0 Å². The van der Waals surface area contributed by atoms with E-state index >= 15 is 0 Å². The summed E-state index contributed by atoms with van der Waals surface area (Å²) in [6.45, 7) is -0.170. The van der Waals surface area contributed by atoms with Crippen LogP contribution < -0.4 is 10.6 Å². The minimum atomic E-state index is -0.492. The van der Waals surface area contributed by atoms with Gasteiger partial charge in [-0.3, -0.25) is 9.89 Å². The lowest BCUT2D eigenvalue weighted by molar-refractivity contribution is -0.117. The summed E-state index contributed by atoms with van der Waals surface area (Å²) in [4.78, 5) is 13.7. The molecule has 7 heteroatoms. The third kappa shape index (κ3) is 3.46. The number of hydrogen-bond donors (Lipinski definition) is 2. The second kappa shape index (κ2) is 6.92. The number of amides is 1. The van der Waals surface area contributed by atoms with Crippen LogP contribution in [0.1, 0.15) is 24.1 Å². The molecule has 3 aromatic rings. The molecule has 27 heavy (non-hydrogen) atoms. The SMILES string of the molecule is NCC(=O)N(c1cc2c(/C=C/c3ccc(F)cc3)n[nH]c2cc1F)C1CC1. The van der Waals surface area contributed by atoms with Crippen molar-refractivity contribution in [3.63, 3.8) is 0 Å². The molecule has 1 aliphatic carbocycles. The lowest BCUT2D eigenvalue weighted by Crippen LogP contribution is -2.38. The van der Waals surface area contributed by atoms with E-state index in [4.69, 9.17) is 5.73 Å². The van der Waals surface area contributed by atoms with E-state index in [1.165, 1.54) is 23.1 Å². The van der Waals surface area contributed by atoms with Crippen molar-refractivity contribution in [2.45, 2.75) is 18.9 Å². The summed E-state index contributed by atoms with van der Waals surface area (Å²) < 4.78 is 27.6. The second-order valence-electron chi connectivity index (χ2n) is 6.54. The van der Waals surface area contributed by atoms with Crippen LogP contribution >= 0.6 is 0 Å². The van der Waals surface area contributed by atoms with Crippen molar-refractivity contribution >= 4 is 34.6 Å². The van der Waals surface area contributed by atoms with Gasteiger partial charge in [-0.15, -0.1) is 0 Å². The number of nitrogens with zero attached hydrogens (tertiary/aromatic N) is 2. The van der Waals surface area contributed by atoms with Crippen LogP contribution in [0.5, 0.6) is 0 Å². The van der Waals surface area contributed by atoms with Gasteiger partial charge in [0.1, 0.15) is 11.6 Å². The Kier molecular flexibility index (Phi) is 4.45. The van der Waals surface area contributed by atoms with Gasteiger partial charge in [0.05, 0.1) is 23.4 Å². The fourth-order valence-electron chi connectivity index (χ4n) is 3.07. The van der Waals surface area contributed by atoms with Gasteiger partial charge in [-0.1, -0.05) is 18.2 Å². The molecular formula is C20H18F2N4O. The molecule has 3 N–H and O–H groups in total. The van der Waals surface area contributed by atoms with E-state index in [2.05, 4.69) is 10.2 Å². The highest BCUT2D eigenvalue weighted by Gasteiger charge is 2.34. The van der Waals surface area contributed by atoms with E-state index in [1.54, 1.807) is 30.4 Å². The minimum absolute atomic E-state index is 0.00175. The van der Waals surface area contributed by atoms with Crippen molar-refractivity contribution in [2.24, 2.45) is 5.73 Å². The van der Waals surface area contributed by atoms with E-state index in [9.17, 15) is 13.6 Å². The Morgan fingerprint density at radius 3 is 2.63 bits per heavy atom. The molecule has 1 aromatic heterocycles. The van der Waals surface area contributed by atoms with Crippen molar-refractivity contribution in [2.75, 3.05) is 11.4 Å². The number of fused-ring (bicyclic) bond motifs is 1. The molecule has 1 heterocycles. The van der Waals surface area contributed by atoms with Crippen LogP contribution in [-0.2, 0) is 4.79 Å². The summed E-state index contributed by atoms with van der Waals surface area (Å²) in [5.41, 5.74) is 7.67. The maximum Gasteiger partial charge on any atom is 0.241 e. The number of carbonyl (C=O) groups is 1. The van der Waals surface area contributed by atoms with E-state index in [0.717, 1.165) is 18.4 Å². The number of aromatic nitrogens is 2. The van der Waals surface area contributed by atoms with Crippen LogP contribution in [0.4, 0.5) is 14.5 Å². The molecule has 0 radical (unpaired) electrons. The first-order valence-electron chi connectivity index (χ1n) is 8.70. The molecule has 1 fully saturated rings. The number of nitrogens with two attached hydrogens (primary N) is 1. The zero-order chi connectivity index (χ0) is 19.0. The zero-order valence-electron chi connectivity index (χ0n) is 14.5. The number of H-pyrrole nitrogens is 1. The number of anilines is 1. The summed E-state index contributed by atoms with van der Waals surface area (Å²) >= 11 is 0. The number of hydrogen-bond acceptors (Lipinski definition) is 3. The predicted molar refractivity (Wildman–Crippen MR) is 101 cm³/mol. The molecule has 138 valence electrons. The molecule has 1 saturated carbocycles. The Balaban J connectivity index is 1.73. The van der Waals surface area contributed by atoms with Crippen molar-refractivity contribution in [3.05, 3.63) is 59.3 Å². The fraction of sp³-hybridized carbons (Fsp3) is 0.200. The van der Waals surface area contributed by atoms with Crippen LogP contribution in [0.25, 0.3) is 23.1 Å². The number of aromatic amines is 1. The van der Waals surface area contributed by atoms with E-state index in [1.807, 2.05) is 0 Å². The Morgan fingerprint density at radius 1 is 1.22 bits per heavy atom. The number of rotatable bonds is 5. The minimum Gasteiger partial charge on any atom is -0.322 e. The highest BCUT2D eigenvalue weighted by molar-refractivity contribution is 5.99. The summed E-state index contributed by atoms with van der Waals surface area (Å²) in [6.07, 6.45) is 5.24. The first kappa shape index (κ1) is 17.4. The lowest BCUT2D eigenvalue weighted by Gasteiger charge is -2.22. The summed E-state index contributed by atoms with van der Waals surface area (Å²) in [5.74, 6) is -1.10. The van der Waals surface area contributed by atoms with Crippen molar-refractivity contribution in [1.82, 2.24) is 10.2 Å². The summed E-state index contributed by atoms with van der Waals surface area (Å²) in [5, 5.41) is 7.71. The normalized spacial score (nSPS) is 14.2. The average molecular weight is 368 g/mol. The number of benzene rings is 2. The molecular weight excluding hydrogens is 350 g/mol. The van der Waals surface area contributed by atoms with Gasteiger partial charge in [0, 0.05) is 17.5 Å². The molecule has 2 aromatic carbocycles.